The summed E-state index contributed by atoms with van der Waals surface area (Å²) in [5.41, 5.74) is 1.24. The lowest BCUT2D eigenvalue weighted by molar-refractivity contribution is -0.117. The maximum absolute atomic E-state index is 13.3. The molecule has 0 spiro atoms. The van der Waals surface area contributed by atoms with Crippen LogP contribution < -0.4 is 4.90 Å². The molecule has 0 aromatic heterocycles. The molecule has 15 heavy (non-hydrogen) atoms. The highest BCUT2D eigenvalue weighted by molar-refractivity contribution is 9.09. The summed E-state index contributed by atoms with van der Waals surface area (Å²) in [5.74, 6) is -0.224. The molecule has 1 heterocycles. The van der Waals surface area contributed by atoms with Gasteiger partial charge in [-0.05, 0) is 24.6 Å². The van der Waals surface area contributed by atoms with Crippen LogP contribution in [0.1, 0.15) is 12.0 Å². The van der Waals surface area contributed by atoms with Crippen molar-refractivity contribution in [3.8, 4) is 0 Å². The van der Waals surface area contributed by atoms with Gasteiger partial charge in [0.05, 0.1) is 0 Å². The molecule has 0 saturated carbocycles. The predicted octanol–water partition coefficient (Wildman–Crippen LogP) is 2.63. The van der Waals surface area contributed by atoms with Gasteiger partial charge in [0, 0.05) is 23.5 Å². The maximum atomic E-state index is 13.3. The first-order chi connectivity index (χ1) is 7.08. The van der Waals surface area contributed by atoms with Crippen LogP contribution >= 0.6 is 15.9 Å². The van der Waals surface area contributed by atoms with E-state index >= 15 is 0 Å². The third-order valence-corrected chi connectivity index (χ3v) is 3.16. The highest BCUT2D eigenvalue weighted by Gasteiger charge is 2.28. The molecule has 4 heteroatoms. The van der Waals surface area contributed by atoms with Crippen molar-refractivity contribution in [2.24, 2.45) is 0 Å². The van der Waals surface area contributed by atoms with E-state index in [0.29, 0.717) is 24.2 Å². The third kappa shape index (κ3) is 2.04. The monoisotopic (exact) mass is 271 g/mol. The Balaban J connectivity index is 2.30. The molecule has 1 aromatic rings. The lowest BCUT2D eigenvalue weighted by atomic mass is 10.2. The number of alkyl halides is 1. The van der Waals surface area contributed by atoms with E-state index in [4.69, 9.17) is 0 Å². The van der Waals surface area contributed by atoms with Crippen LogP contribution in [0.15, 0.2) is 18.2 Å². The maximum Gasteiger partial charge on any atom is 0.228 e. The van der Waals surface area contributed by atoms with Crippen molar-refractivity contribution in [2.75, 3.05) is 11.4 Å². The summed E-state index contributed by atoms with van der Waals surface area (Å²) in [4.78, 5) is 13.3. The molecule has 1 saturated heterocycles. The number of anilines is 1. The van der Waals surface area contributed by atoms with E-state index < -0.39 is 0 Å². The fraction of sp³-hybridized carbons (Fsp3) is 0.364. The number of nitrogens with zero attached hydrogens (tertiary/aromatic N) is 1. The number of hydrogen-bond acceptors (Lipinski definition) is 1. The molecule has 0 bridgehead atoms. The molecule has 0 radical (unpaired) electrons. The average Bonchev–Trinajstić information content (AvgIpc) is 2.50. The van der Waals surface area contributed by atoms with Gasteiger partial charge in [-0.3, -0.25) is 4.79 Å². The highest BCUT2D eigenvalue weighted by Crippen LogP contribution is 2.26. The van der Waals surface area contributed by atoms with Crippen LogP contribution in [-0.4, -0.2) is 17.3 Å². The standard InChI is InChI=1S/C11H11BrFNO/c1-7-2-3-9(5-10(7)13)14-6-8(12)4-11(14)15/h2-3,5,8H,4,6H2,1H3. The van der Waals surface area contributed by atoms with Crippen molar-refractivity contribution < 1.29 is 9.18 Å². The number of carbonyl (C=O) groups excluding carboxylic acids is 1. The van der Waals surface area contributed by atoms with Gasteiger partial charge in [-0.15, -0.1) is 0 Å². The van der Waals surface area contributed by atoms with Gasteiger partial charge in [0.2, 0.25) is 5.91 Å². The number of carbonyl (C=O) groups is 1. The highest BCUT2D eigenvalue weighted by atomic mass is 79.9. The normalized spacial score (nSPS) is 21.1. The summed E-state index contributed by atoms with van der Waals surface area (Å²) >= 11 is 3.39. The first-order valence-corrected chi connectivity index (χ1v) is 5.70. The molecule has 0 N–H and O–H groups in total. The van der Waals surface area contributed by atoms with E-state index in [1.165, 1.54) is 6.07 Å². The minimum atomic E-state index is -0.265. The molecule has 1 atom stereocenters. The Hall–Kier alpha value is -0.900. The van der Waals surface area contributed by atoms with Crippen molar-refractivity contribution in [2.45, 2.75) is 18.2 Å². The van der Waals surface area contributed by atoms with E-state index in [2.05, 4.69) is 15.9 Å². The fourth-order valence-corrected chi connectivity index (χ4v) is 2.23. The van der Waals surface area contributed by atoms with E-state index in [-0.39, 0.29) is 16.6 Å². The Morgan fingerprint density at radius 1 is 1.53 bits per heavy atom. The number of halogens is 2. The minimum Gasteiger partial charge on any atom is -0.311 e. The predicted molar refractivity (Wildman–Crippen MR) is 60.8 cm³/mol. The summed E-state index contributed by atoms with van der Waals surface area (Å²) in [6.07, 6.45) is 0.482. The second-order valence-electron chi connectivity index (χ2n) is 3.74. The first kappa shape index (κ1) is 10.6. The van der Waals surface area contributed by atoms with E-state index in [1.54, 1.807) is 24.0 Å². The van der Waals surface area contributed by atoms with Crippen LogP contribution in [0.4, 0.5) is 10.1 Å². The van der Waals surface area contributed by atoms with Crippen LogP contribution in [-0.2, 0) is 4.79 Å². The van der Waals surface area contributed by atoms with Crippen LogP contribution in [0.5, 0.6) is 0 Å². The van der Waals surface area contributed by atoms with Crippen molar-refractivity contribution in [3.63, 3.8) is 0 Å². The van der Waals surface area contributed by atoms with Crippen molar-refractivity contribution in [1.82, 2.24) is 0 Å². The molecule has 1 fully saturated rings. The van der Waals surface area contributed by atoms with Crippen LogP contribution in [0.3, 0.4) is 0 Å². The number of aryl methyl sites for hydroxylation is 1. The molecule has 1 amide bonds. The molecule has 1 unspecified atom stereocenters. The number of amides is 1. The quantitative estimate of drug-likeness (QED) is 0.720. The Kier molecular flexibility index (Phi) is 2.78. The first-order valence-electron chi connectivity index (χ1n) is 4.78. The van der Waals surface area contributed by atoms with E-state index in [1.807, 2.05) is 0 Å². The Labute approximate surface area is 96.2 Å². The topological polar surface area (TPSA) is 20.3 Å². The molecular weight excluding hydrogens is 261 g/mol. The summed E-state index contributed by atoms with van der Waals surface area (Å²) in [6, 6.07) is 4.89. The number of hydrogen-bond donors (Lipinski definition) is 0. The van der Waals surface area contributed by atoms with Crippen molar-refractivity contribution >= 4 is 27.5 Å². The molecule has 1 aromatic carbocycles. The average molecular weight is 272 g/mol. The fourth-order valence-electron chi connectivity index (χ4n) is 1.66. The molecule has 2 rings (SSSR count). The zero-order valence-corrected chi connectivity index (χ0v) is 9.92. The van der Waals surface area contributed by atoms with Gasteiger partial charge in [0.25, 0.3) is 0 Å². The lowest BCUT2D eigenvalue weighted by Crippen LogP contribution is -2.24. The van der Waals surface area contributed by atoms with Gasteiger partial charge in [-0.1, -0.05) is 22.0 Å². The van der Waals surface area contributed by atoms with Gasteiger partial charge >= 0.3 is 0 Å². The van der Waals surface area contributed by atoms with Crippen LogP contribution in [0, 0.1) is 12.7 Å². The summed E-state index contributed by atoms with van der Waals surface area (Å²) in [6.45, 7) is 2.32. The largest absolute Gasteiger partial charge is 0.311 e. The molecule has 2 nitrogen and oxygen atoms in total. The Morgan fingerprint density at radius 3 is 2.80 bits per heavy atom. The minimum absolute atomic E-state index is 0.0418. The summed E-state index contributed by atoms with van der Waals surface area (Å²) in [5, 5.41) is 0. The molecular formula is C11H11BrFNO. The van der Waals surface area contributed by atoms with Crippen molar-refractivity contribution in [1.29, 1.82) is 0 Å². The summed E-state index contributed by atoms with van der Waals surface area (Å²) in [7, 11) is 0. The zero-order chi connectivity index (χ0) is 11.0. The molecule has 1 aliphatic rings. The van der Waals surface area contributed by atoms with Crippen LogP contribution in [0.25, 0.3) is 0 Å². The van der Waals surface area contributed by atoms with Gasteiger partial charge in [-0.25, -0.2) is 4.39 Å². The second-order valence-corrected chi connectivity index (χ2v) is 5.03. The third-order valence-electron chi connectivity index (χ3n) is 2.54. The smallest absolute Gasteiger partial charge is 0.228 e. The number of rotatable bonds is 1. The van der Waals surface area contributed by atoms with Gasteiger partial charge < -0.3 is 4.90 Å². The SMILES string of the molecule is Cc1ccc(N2CC(Br)CC2=O)cc1F. The molecule has 80 valence electrons. The summed E-state index contributed by atoms with van der Waals surface area (Å²) < 4.78 is 13.3. The van der Waals surface area contributed by atoms with E-state index in [9.17, 15) is 9.18 Å². The Morgan fingerprint density at radius 2 is 2.27 bits per heavy atom. The van der Waals surface area contributed by atoms with Gasteiger partial charge in [-0.2, -0.15) is 0 Å². The lowest BCUT2D eigenvalue weighted by Gasteiger charge is -2.16. The Bertz CT molecular complexity index is 408. The van der Waals surface area contributed by atoms with Crippen LogP contribution in [0.2, 0.25) is 0 Å². The van der Waals surface area contributed by atoms with Gasteiger partial charge in [0.15, 0.2) is 0 Å². The van der Waals surface area contributed by atoms with Crippen molar-refractivity contribution in [3.05, 3.63) is 29.6 Å². The van der Waals surface area contributed by atoms with E-state index in [0.717, 1.165) is 0 Å². The number of benzene rings is 1. The molecule has 0 aliphatic carbocycles. The zero-order valence-electron chi connectivity index (χ0n) is 8.34. The second kappa shape index (κ2) is 3.93. The molecule has 1 aliphatic heterocycles. The van der Waals surface area contributed by atoms with Gasteiger partial charge in [0.1, 0.15) is 5.82 Å².